The first kappa shape index (κ1) is 18.4. The van der Waals surface area contributed by atoms with Crippen molar-refractivity contribution in [1.82, 2.24) is 24.5 Å². The van der Waals surface area contributed by atoms with Gasteiger partial charge < -0.3 is 9.64 Å². The predicted octanol–water partition coefficient (Wildman–Crippen LogP) is 1.65. The van der Waals surface area contributed by atoms with Crippen LogP contribution in [0, 0.1) is 5.92 Å². The molecule has 8 nitrogen and oxygen atoms in total. The zero-order valence-corrected chi connectivity index (χ0v) is 16.7. The molecule has 2 aliphatic heterocycles. The number of likely N-dealkylation sites (tertiary alicyclic amines) is 1. The average molecular weight is 397 g/mol. The van der Waals surface area contributed by atoms with Crippen LogP contribution in [-0.4, -0.2) is 50.1 Å². The fourth-order valence-electron chi connectivity index (χ4n) is 4.63. The van der Waals surface area contributed by atoms with Crippen LogP contribution in [0.2, 0.25) is 0 Å². The molecule has 5 rings (SSSR count). The molecule has 0 bridgehead atoms. The normalized spacial score (nSPS) is 19.4. The number of rotatable bonds is 3. The van der Waals surface area contributed by atoms with Gasteiger partial charge in [0.15, 0.2) is 5.69 Å². The van der Waals surface area contributed by atoms with Crippen molar-refractivity contribution in [3.05, 3.63) is 39.4 Å². The second-order valence-corrected chi connectivity index (χ2v) is 8.37. The fraction of sp³-hybridized carbons (Fsp3) is 0.619. The molecule has 0 spiro atoms. The van der Waals surface area contributed by atoms with E-state index >= 15 is 0 Å². The Balaban J connectivity index is 1.21. The number of nitrogens with zero attached hydrogens (tertiary/aromatic N) is 5. The number of amides is 1. The maximum absolute atomic E-state index is 12.8. The zero-order valence-electron chi connectivity index (χ0n) is 16.7. The van der Waals surface area contributed by atoms with Gasteiger partial charge in [-0.05, 0) is 50.0 Å². The molecule has 1 saturated heterocycles. The largest absolute Gasteiger partial charge is 0.478 e. The molecule has 0 unspecified atom stereocenters. The van der Waals surface area contributed by atoms with Gasteiger partial charge in [0, 0.05) is 44.7 Å². The van der Waals surface area contributed by atoms with E-state index in [1.165, 1.54) is 0 Å². The number of hydrogen-bond acceptors (Lipinski definition) is 5. The molecule has 0 radical (unpaired) electrons. The van der Waals surface area contributed by atoms with Crippen LogP contribution in [0.3, 0.4) is 0 Å². The van der Waals surface area contributed by atoms with Gasteiger partial charge in [0.2, 0.25) is 5.88 Å². The van der Waals surface area contributed by atoms with Crippen molar-refractivity contribution in [2.75, 3.05) is 19.7 Å². The van der Waals surface area contributed by atoms with E-state index in [1.54, 1.807) is 21.5 Å². The lowest BCUT2D eigenvalue weighted by Crippen LogP contribution is -2.40. The summed E-state index contributed by atoms with van der Waals surface area (Å²) in [6.07, 6.45) is 6.92. The number of fused-ring (bicyclic) bond motifs is 2. The Morgan fingerprint density at radius 3 is 2.72 bits per heavy atom. The van der Waals surface area contributed by atoms with Gasteiger partial charge in [-0.2, -0.15) is 10.2 Å². The first-order chi connectivity index (χ1) is 14.2. The van der Waals surface area contributed by atoms with Gasteiger partial charge in [0.1, 0.15) is 0 Å². The summed E-state index contributed by atoms with van der Waals surface area (Å²) in [5.74, 6) is 1.02. The highest BCUT2D eigenvalue weighted by Gasteiger charge is 2.27. The number of aromatic nitrogens is 4. The zero-order chi connectivity index (χ0) is 19.8. The number of carbonyl (C=O) groups is 1. The second kappa shape index (κ2) is 7.65. The third-order valence-corrected chi connectivity index (χ3v) is 6.33. The van der Waals surface area contributed by atoms with Crippen molar-refractivity contribution in [2.24, 2.45) is 5.92 Å². The summed E-state index contributed by atoms with van der Waals surface area (Å²) in [6.45, 7) is 3.49. The van der Waals surface area contributed by atoms with Crippen LogP contribution in [0.1, 0.15) is 53.8 Å². The van der Waals surface area contributed by atoms with Crippen molar-refractivity contribution in [3.8, 4) is 5.88 Å². The van der Waals surface area contributed by atoms with E-state index in [2.05, 4.69) is 10.2 Å². The smallest absolute Gasteiger partial charge is 0.274 e. The molecule has 1 fully saturated rings. The van der Waals surface area contributed by atoms with Crippen LogP contribution in [0.4, 0.5) is 0 Å². The highest BCUT2D eigenvalue weighted by atomic mass is 16.5. The summed E-state index contributed by atoms with van der Waals surface area (Å²) >= 11 is 0. The molecule has 29 heavy (non-hydrogen) atoms. The molecule has 0 aromatic carbocycles. The van der Waals surface area contributed by atoms with Gasteiger partial charge in [-0.3, -0.25) is 9.59 Å². The van der Waals surface area contributed by atoms with E-state index in [-0.39, 0.29) is 11.5 Å². The van der Waals surface area contributed by atoms with Crippen molar-refractivity contribution in [1.29, 1.82) is 0 Å². The minimum Gasteiger partial charge on any atom is -0.478 e. The average Bonchev–Trinajstić information content (AvgIpc) is 3.19. The molecule has 0 atom stereocenters. The molecule has 2 aromatic rings. The van der Waals surface area contributed by atoms with E-state index in [1.807, 2.05) is 4.90 Å². The van der Waals surface area contributed by atoms with E-state index < -0.39 is 0 Å². The van der Waals surface area contributed by atoms with Gasteiger partial charge in [0.05, 0.1) is 12.3 Å². The molecule has 154 valence electrons. The minimum absolute atomic E-state index is 0.00717. The SMILES string of the molecule is O=C(c1cc2n(n1)CCCO2)N1CCC(Cn2nc3c(cc2=O)CCCC3)CC1. The van der Waals surface area contributed by atoms with Crippen LogP contribution in [0.25, 0.3) is 0 Å². The number of carbonyl (C=O) groups excluding carboxylic acids is 1. The molecule has 1 aliphatic carbocycles. The van der Waals surface area contributed by atoms with Gasteiger partial charge in [-0.25, -0.2) is 9.36 Å². The molecular weight excluding hydrogens is 370 g/mol. The van der Waals surface area contributed by atoms with Crippen LogP contribution >= 0.6 is 0 Å². The molecule has 0 saturated carbocycles. The number of aryl methyl sites for hydroxylation is 3. The van der Waals surface area contributed by atoms with E-state index in [0.29, 0.717) is 43.7 Å². The molecule has 2 aromatic heterocycles. The fourth-order valence-corrected chi connectivity index (χ4v) is 4.63. The van der Waals surface area contributed by atoms with Gasteiger partial charge in [-0.1, -0.05) is 0 Å². The van der Waals surface area contributed by atoms with Crippen LogP contribution < -0.4 is 10.3 Å². The quantitative estimate of drug-likeness (QED) is 0.787. The Labute approximate surface area is 169 Å². The number of piperidine rings is 1. The summed E-state index contributed by atoms with van der Waals surface area (Å²) in [6, 6.07) is 3.53. The highest BCUT2D eigenvalue weighted by Crippen LogP contribution is 2.23. The second-order valence-electron chi connectivity index (χ2n) is 8.37. The lowest BCUT2D eigenvalue weighted by molar-refractivity contribution is 0.0673. The standard InChI is InChI=1S/C21H27N5O3/c27-19-12-16-4-1-2-5-17(16)22-26(19)14-15-6-9-24(10-7-15)21(28)18-13-20-25(23-18)8-3-11-29-20/h12-13,15H,1-11,14H2. The summed E-state index contributed by atoms with van der Waals surface area (Å²) < 4.78 is 8.99. The summed E-state index contributed by atoms with van der Waals surface area (Å²) in [4.78, 5) is 27.1. The number of hydrogen-bond donors (Lipinski definition) is 0. The molecule has 4 heterocycles. The summed E-state index contributed by atoms with van der Waals surface area (Å²) in [5, 5.41) is 9.05. The van der Waals surface area contributed by atoms with Gasteiger partial charge in [0.25, 0.3) is 11.5 Å². The van der Waals surface area contributed by atoms with E-state index in [4.69, 9.17) is 4.74 Å². The third-order valence-electron chi connectivity index (χ3n) is 6.33. The Morgan fingerprint density at radius 1 is 1.07 bits per heavy atom. The topological polar surface area (TPSA) is 82.2 Å². The lowest BCUT2D eigenvalue weighted by atomic mass is 9.95. The monoisotopic (exact) mass is 397 g/mol. The molecule has 3 aliphatic rings. The first-order valence-electron chi connectivity index (χ1n) is 10.8. The maximum atomic E-state index is 12.8. The minimum atomic E-state index is -0.0296. The molecule has 1 amide bonds. The van der Waals surface area contributed by atoms with E-state index in [9.17, 15) is 9.59 Å². The van der Waals surface area contributed by atoms with Gasteiger partial charge in [-0.15, -0.1) is 0 Å². The molecular formula is C21H27N5O3. The van der Waals surface area contributed by atoms with Crippen LogP contribution in [-0.2, 0) is 25.9 Å². The predicted molar refractivity (Wildman–Crippen MR) is 106 cm³/mol. The van der Waals surface area contributed by atoms with Crippen molar-refractivity contribution >= 4 is 5.91 Å². The summed E-state index contributed by atoms with van der Waals surface area (Å²) in [7, 11) is 0. The third kappa shape index (κ3) is 3.68. The lowest BCUT2D eigenvalue weighted by Gasteiger charge is -2.31. The Morgan fingerprint density at radius 2 is 1.90 bits per heavy atom. The van der Waals surface area contributed by atoms with Crippen molar-refractivity contribution < 1.29 is 9.53 Å². The number of ether oxygens (including phenoxy) is 1. The van der Waals surface area contributed by atoms with E-state index in [0.717, 1.165) is 62.7 Å². The maximum Gasteiger partial charge on any atom is 0.274 e. The molecule has 0 N–H and O–H groups in total. The molecule has 8 heteroatoms. The van der Waals surface area contributed by atoms with Crippen LogP contribution in [0.15, 0.2) is 16.9 Å². The van der Waals surface area contributed by atoms with Gasteiger partial charge >= 0.3 is 0 Å². The first-order valence-corrected chi connectivity index (χ1v) is 10.8. The summed E-state index contributed by atoms with van der Waals surface area (Å²) in [5.41, 5.74) is 2.69. The van der Waals surface area contributed by atoms with Crippen molar-refractivity contribution in [2.45, 2.75) is 58.0 Å². The van der Waals surface area contributed by atoms with Crippen LogP contribution in [0.5, 0.6) is 5.88 Å². The highest BCUT2D eigenvalue weighted by molar-refractivity contribution is 5.92. The Bertz CT molecular complexity index is 948. The van der Waals surface area contributed by atoms with Crippen molar-refractivity contribution in [3.63, 3.8) is 0 Å². The Kier molecular flexibility index (Phi) is 4.85. The Hall–Kier alpha value is -2.64.